The van der Waals surface area contributed by atoms with Crippen molar-refractivity contribution in [2.45, 2.75) is 30.8 Å². The summed E-state index contributed by atoms with van der Waals surface area (Å²) in [5.41, 5.74) is -1.12. The summed E-state index contributed by atoms with van der Waals surface area (Å²) in [6.07, 6.45) is -4.68. The quantitative estimate of drug-likeness (QED) is 0.924. The highest BCUT2D eigenvalue weighted by Crippen LogP contribution is 2.30. The summed E-state index contributed by atoms with van der Waals surface area (Å²) < 4.78 is 63.0. The monoisotopic (exact) mass is 282 g/mol. The first-order valence-electron chi connectivity index (χ1n) is 5.10. The number of pyridine rings is 1. The highest BCUT2D eigenvalue weighted by atomic mass is 32.2. The molecule has 0 radical (unpaired) electrons. The number of alkyl halides is 3. The van der Waals surface area contributed by atoms with E-state index in [2.05, 4.69) is 4.98 Å². The smallest absolute Gasteiger partial charge is 0.248 e. The molecule has 1 N–H and O–H groups in total. The number of aromatic nitrogens is 1. The van der Waals surface area contributed by atoms with Crippen molar-refractivity contribution in [1.82, 2.24) is 9.71 Å². The Morgan fingerprint density at radius 2 is 1.83 bits per heavy atom. The topological polar surface area (TPSA) is 59.1 Å². The van der Waals surface area contributed by atoms with Crippen molar-refractivity contribution >= 4 is 10.0 Å². The van der Waals surface area contributed by atoms with Crippen LogP contribution in [0.5, 0.6) is 0 Å². The van der Waals surface area contributed by atoms with Crippen molar-refractivity contribution in [2.75, 3.05) is 7.05 Å². The molecule has 8 heteroatoms. The molecule has 18 heavy (non-hydrogen) atoms. The van der Waals surface area contributed by atoms with Crippen LogP contribution in [0.4, 0.5) is 13.2 Å². The van der Waals surface area contributed by atoms with Crippen molar-refractivity contribution < 1.29 is 21.6 Å². The van der Waals surface area contributed by atoms with Gasteiger partial charge < -0.3 is 0 Å². The number of hydrogen-bond donors (Lipinski definition) is 1. The molecular formula is C10H13F3N2O2S. The minimum absolute atomic E-state index is 0.0821. The summed E-state index contributed by atoms with van der Waals surface area (Å²) in [4.78, 5) is 3.00. The van der Waals surface area contributed by atoms with E-state index in [0.717, 1.165) is 13.1 Å². The van der Waals surface area contributed by atoms with Crippen LogP contribution in [0.25, 0.3) is 0 Å². The largest absolute Gasteiger partial charge is 0.433 e. The van der Waals surface area contributed by atoms with E-state index in [-0.39, 0.29) is 11.6 Å². The molecule has 0 aliphatic carbocycles. The molecule has 1 heterocycles. The summed E-state index contributed by atoms with van der Waals surface area (Å²) in [6.45, 7) is 3.27. The summed E-state index contributed by atoms with van der Waals surface area (Å²) in [6, 6.07) is 1.67. The van der Waals surface area contributed by atoms with Gasteiger partial charge in [-0.25, -0.2) is 18.1 Å². The molecule has 0 aromatic carbocycles. The Balaban J connectivity index is 3.51. The Bertz CT molecular complexity index is 539. The van der Waals surface area contributed by atoms with E-state index < -0.39 is 26.8 Å². The molecule has 4 nitrogen and oxygen atoms in total. The van der Waals surface area contributed by atoms with E-state index >= 15 is 0 Å². The molecule has 0 fully saturated rings. The van der Waals surface area contributed by atoms with Gasteiger partial charge >= 0.3 is 6.18 Å². The van der Waals surface area contributed by atoms with Crippen LogP contribution < -0.4 is 4.72 Å². The number of halogens is 3. The molecule has 0 saturated carbocycles. The number of rotatable bonds is 3. The first kappa shape index (κ1) is 14.9. The van der Waals surface area contributed by atoms with E-state index in [1.165, 1.54) is 0 Å². The second-order valence-corrected chi connectivity index (χ2v) is 5.86. The maximum absolute atomic E-state index is 12.6. The molecule has 0 atom stereocenters. The van der Waals surface area contributed by atoms with Gasteiger partial charge in [-0.3, -0.25) is 0 Å². The maximum Gasteiger partial charge on any atom is 0.433 e. The van der Waals surface area contributed by atoms with Gasteiger partial charge in [0.25, 0.3) is 0 Å². The zero-order valence-corrected chi connectivity index (χ0v) is 10.9. The van der Waals surface area contributed by atoms with Crippen molar-refractivity contribution in [3.05, 3.63) is 23.5 Å². The minimum atomic E-state index is -4.68. The van der Waals surface area contributed by atoms with E-state index in [9.17, 15) is 21.6 Å². The summed E-state index contributed by atoms with van der Waals surface area (Å²) >= 11 is 0. The molecule has 0 spiro atoms. The van der Waals surface area contributed by atoms with Crippen molar-refractivity contribution in [1.29, 1.82) is 0 Å². The molecule has 0 unspecified atom stereocenters. The molecule has 0 bridgehead atoms. The predicted molar refractivity (Wildman–Crippen MR) is 59.6 cm³/mol. The third-order valence-corrected chi connectivity index (χ3v) is 3.67. The SMILES string of the molecule is CNS(=O)(=O)c1cc(C(C)C)nc(C(F)(F)F)c1. The van der Waals surface area contributed by atoms with E-state index in [0.29, 0.717) is 6.07 Å². The molecule has 1 aromatic heterocycles. The molecular weight excluding hydrogens is 269 g/mol. The van der Waals surface area contributed by atoms with Gasteiger partial charge in [-0.1, -0.05) is 13.8 Å². The van der Waals surface area contributed by atoms with Crippen LogP contribution in [0.1, 0.15) is 31.2 Å². The van der Waals surface area contributed by atoms with Gasteiger partial charge in [-0.2, -0.15) is 13.2 Å². The highest BCUT2D eigenvalue weighted by molar-refractivity contribution is 7.89. The number of sulfonamides is 1. The molecule has 0 saturated heterocycles. The van der Waals surface area contributed by atoms with E-state index in [1.807, 2.05) is 4.72 Å². The Hall–Kier alpha value is -1.15. The van der Waals surface area contributed by atoms with Gasteiger partial charge in [0, 0.05) is 5.69 Å². The lowest BCUT2D eigenvalue weighted by molar-refractivity contribution is -0.141. The second kappa shape index (κ2) is 4.85. The Morgan fingerprint density at radius 1 is 1.28 bits per heavy atom. The lowest BCUT2D eigenvalue weighted by Gasteiger charge is -2.13. The average Bonchev–Trinajstić information content (AvgIpc) is 2.27. The van der Waals surface area contributed by atoms with Crippen LogP contribution in [-0.2, 0) is 16.2 Å². The summed E-state index contributed by atoms with van der Waals surface area (Å²) in [5.74, 6) is -0.307. The van der Waals surface area contributed by atoms with Gasteiger partial charge in [-0.15, -0.1) is 0 Å². The lowest BCUT2D eigenvalue weighted by Crippen LogP contribution is -2.21. The van der Waals surface area contributed by atoms with Gasteiger partial charge in [0.05, 0.1) is 4.90 Å². The zero-order valence-electron chi connectivity index (χ0n) is 10.0. The van der Waals surface area contributed by atoms with Crippen LogP contribution in [0.3, 0.4) is 0 Å². The zero-order chi connectivity index (χ0) is 14.1. The Labute approximate surface area is 103 Å². The summed E-state index contributed by atoms with van der Waals surface area (Å²) in [7, 11) is -2.79. The van der Waals surface area contributed by atoms with Crippen LogP contribution in [0.2, 0.25) is 0 Å². The first-order valence-corrected chi connectivity index (χ1v) is 6.59. The van der Waals surface area contributed by atoms with Gasteiger partial charge in [-0.05, 0) is 25.1 Å². The van der Waals surface area contributed by atoms with Crippen LogP contribution in [0.15, 0.2) is 17.0 Å². The molecule has 1 rings (SSSR count). The van der Waals surface area contributed by atoms with Crippen molar-refractivity contribution in [2.24, 2.45) is 0 Å². The standard InChI is InChI=1S/C10H13F3N2O2S/c1-6(2)8-4-7(18(16,17)14-3)5-9(15-8)10(11,12)13/h4-6,14H,1-3H3. The van der Waals surface area contributed by atoms with Crippen LogP contribution in [-0.4, -0.2) is 20.4 Å². The van der Waals surface area contributed by atoms with Crippen molar-refractivity contribution in [3.8, 4) is 0 Å². The Morgan fingerprint density at radius 3 is 2.22 bits per heavy atom. The Kier molecular flexibility index (Phi) is 4.02. The minimum Gasteiger partial charge on any atom is -0.248 e. The number of nitrogens with zero attached hydrogens (tertiary/aromatic N) is 1. The predicted octanol–water partition coefficient (Wildman–Crippen LogP) is 2.13. The summed E-state index contributed by atoms with van der Waals surface area (Å²) in [5, 5.41) is 0. The highest BCUT2D eigenvalue weighted by Gasteiger charge is 2.34. The maximum atomic E-state index is 12.6. The molecule has 0 aliphatic rings. The lowest BCUT2D eigenvalue weighted by atomic mass is 10.1. The third-order valence-electron chi connectivity index (χ3n) is 2.28. The fourth-order valence-electron chi connectivity index (χ4n) is 1.24. The third kappa shape index (κ3) is 3.20. The van der Waals surface area contributed by atoms with Gasteiger partial charge in [0.1, 0.15) is 5.69 Å². The average molecular weight is 282 g/mol. The van der Waals surface area contributed by atoms with Gasteiger partial charge in [0.2, 0.25) is 10.0 Å². The fourth-order valence-corrected chi connectivity index (χ4v) is 2.02. The van der Waals surface area contributed by atoms with Gasteiger partial charge in [0.15, 0.2) is 0 Å². The normalized spacial score (nSPS) is 13.1. The molecule has 1 aromatic rings. The second-order valence-electron chi connectivity index (χ2n) is 3.97. The van der Waals surface area contributed by atoms with Crippen LogP contribution in [0, 0.1) is 0 Å². The molecule has 102 valence electrons. The van der Waals surface area contributed by atoms with Crippen molar-refractivity contribution in [3.63, 3.8) is 0 Å². The van der Waals surface area contributed by atoms with Crippen LogP contribution >= 0.6 is 0 Å². The fraction of sp³-hybridized carbons (Fsp3) is 0.500. The first-order chi connectivity index (χ1) is 8.08. The number of nitrogens with one attached hydrogen (secondary N) is 1. The van der Waals surface area contributed by atoms with E-state index in [1.54, 1.807) is 13.8 Å². The van der Waals surface area contributed by atoms with E-state index in [4.69, 9.17) is 0 Å². The number of hydrogen-bond acceptors (Lipinski definition) is 3. The molecule has 0 aliphatic heterocycles. The molecule has 0 amide bonds.